The molecule has 94 valence electrons. The molecule has 0 rings (SSSR count). The Balaban J connectivity index is 3.73. The van der Waals surface area contributed by atoms with Gasteiger partial charge in [0.05, 0.1) is 6.61 Å². The zero-order chi connectivity index (χ0) is 12.4. The van der Waals surface area contributed by atoms with Gasteiger partial charge in [-0.15, -0.1) is 0 Å². The van der Waals surface area contributed by atoms with Crippen molar-refractivity contribution >= 4 is 24.5 Å². The van der Waals surface area contributed by atoms with Crippen molar-refractivity contribution in [1.82, 2.24) is 0 Å². The van der Waals surface area contributed by atoms with E-state index in [4.69, 9.17) is 20.0 Å². The highest BCUT2D eigenvalue weighted by molar-refractivity contribution is 7.80. The smallest absolute Gasteiger partial charge is 0.347 e. The summed E-state index contributed by atoms with van der Waals surface area (Å²) < 4.78 is 9.87. The van der Waals surface area contributed by atoms with Crippen LogP contribution in [0.15, 0.2) is 0 Å². The molecule has 0 aliphatic heterocycles. The number of ether oxygens (including phenoxy) is 2. The molecule has 6 heteroatoms. The summed E-state index contributed by atoms with van der Waals surface area (Å²) in [5, 5.41) is 15.9. The van der Waals surface area contributed by atoms with E-state index in [2.05, 4.69) is 12.6 Å². The summed E-state index contributed by atoms with van der Waals surface area (Å²) in [5.74, 6) is 0.242. The van der Waals surface area contributed by atoms with E-state index in [-0.39, 0.29) is 19.1 Å². The molecule has 0 saturated heterocycles. The molecule has 1 atom stereocenters. The van der Waals surface area contributed by atoms with E-state index in [9.17, 15) is 4.79 Å². The highest BCUT2D eigenvalue weighted by Gasteiger charge is 2.16. The Hall–Kier alpha value is -0.750. The molecule has 0 bridgehead atoms. The maximum atomic E-state index is 11.3. The molecule has 0 aliphatic rings. The molecule has 0 aromatic carbocycles. The molecule has 0 radical (unpaired) electrons. The SMILES string of the molecule is CC(OC(=N)CCCS)C(=O)OCCCO. The largest absolute Gasteiger partial charge is 0.466 e. The van der Waals surface area contributed by atoms with E-state index >= 15 is 0 Å². The first-order chi connectivity index (χ1) is 7.61. The van der Waals surface area contributed by atoms with Gasteiger partial charge < -0.3 is 14.6 Å². The maximum Gasteiger partial charge on any atom is 0.347 e. The van der Waals surface area contributed by atoms with Crippen LogP contribution in [0.25, 0.3) is 0 Å². The van der Waals surface area contributed by atoms with Gasteiger partial charge in [-0.2, -0.15) is 12.6 Å². The molecule has 1 unspecified atom stereocenters. The molecule has 0 aliphatic carbocycles. The number of hydrogen-bond donors (Lipinski definition) is 3. The van der Waals surface area contributed by atoms with Crippen molar-refractivity contribution in [3.63, 3.8) is 0 Å². The van der Waals surface area contributed by atoms with Crippen LogP contribution in [-0.2, 0) is 14.3 Å². The minimum absolute atomic E-state index is 0.0136. The highest BCUT2D eigenvalue weighted by Crippen LogP contribution is 2.01. The highest BCUT2D eigenvalue weighted by atomic mass is 32.1. The van der Waals surface area contributed by atoms with Gasteiger partial charge in [-0.1, -0.05) is 0 Å². The molecule has 0 fully saturated rings. The van der Waals surface area contributed by atoms with Gasteiger partial charge in [0, 0.05) is 19.4 Å². The standard InChI is InChI=1S/C10H19NO4S/c1-8(10(13)14-6-3-5-12)15-9(11)4-2-7-16/h8,11-12,16H,2-7H2,1H3. The molecule has 16 heavy (non-hydrogen) atoms. The fourth-order valence-electron chi connectivity index (χ4n) is 0.915. The lowest BCUT2D eigenvalue weighted by Crippen LogP contribution is -2.26. The van der Waals surface area contributed by atoms with Crippen LogP contribution in [0.4, 0.5) is 0 Å². The van der Waals surface area contributed by atoms with Crippen LogP contribution in [0, 0.1) is 5.41 Å². The third-order valence-corrected chi connectivity index (χ3v) is 2.08. The molecule has 0 amide bonds. The first-order valence-electron chi connectivity index (χ1n) is 5.24. The third-order valence-electron chi connectivity index (χ3n) is 1.76. The summed E-state index contributed by atoms with van der Waals surface area (Å²) in [6.07, 6.45) is 0.854. The first kappa shape index (κ1) is 15.2. The Morgan fingerprint density at radius 2 is 2.19 bits per heavy atom. The van der Waals surface area contributed by atoms with E-state index in [1.807, 2.05) is 0 Å². The number of carbonyl (C=O) groups is 1. The Labute approximate surface area is 101 Å². The fourth-order valence-corrected chi connectivity index (χ4v) is 1.07. The van der Waals surface area contributed by atoms with E-state index in [0.717, 1.165) is 6.42 Å². The second kappa shape index (κ2) is 9.47. The number of aliphatic hydroxyl groups excluding tert-OH is 1. The number of carbonyl (C=O) groups excluding carboxylic acids is 1. The van der Waals surface area contributed by atoms with E-state index in [0.29, 0.717) is 18.6 Å². The van der Waals surface area contributed by atoms with E-state index < -0.39 is 12.1 Å². The molecule has 2 N–H and O–H groups in total. The van der Waals surface area contributed by atoms with Gasteiger partial charge in [0.1, 0.15) is 0 Å². The van der Waals surface area contributed by atoms with Gasteiger partial charge in [-0.3, -0.25) is 5.41 Å². The monoisotopic (exact) mass is 249 g/mol. The minimum Gasteiger partial charge on any atom is -0.466 e. The summed E-state index contributed by atoms with van der Waals surface area (Å²) in [5.41, 5.74) is 0. The number of aliphatic hydroxyl groups is 1. The van der Waals surface area contributed by atoms with Crippen molar-refractivity contribution in [3.8, 4) is 0 Å². The molecule has 0 aromatic heterocycles. The lowest BCUT2D eigenvalue weighted by Gasteiger charge is -2.14. The van der Waals surface area contributed by atoms with Gasteiger partial charge in [0.15, 0.2) is 12.0 Å². The second-order valence-corrected chi connectivity index (χ2v) is 3.70. The summed E-state index contributed by atoms with van der Waals surface area (Å²) in [6, 6.07) is 0. The predicted molar refractivity (Wildman–Crippen MR) is 64.0 cm³/mol. The maximum absolute atomic E-state index is 11.3. The minimum atomic E-state index is -0.772. The van der Waals surface area contributed by atoms with Crippen molar-refractivity contribution in [2.45, 2.75) is 32.3 Å². The van der Waals surface area contributed by atoms with Gasteiger partial charge in [0.25, 0.3) is 0 Å². The summed E-state index contributed by atoms with van der Waals surface area (Å²) in [7, 11) is 0. The van der Waals surface area contributed by atoms with E-state index in [1.54, 1.807) is 0 Å². The average Bonchev–Trinajstić information content (AvgIpc) is 2.26. The van der Waals surface area contributed by atoms with Crippen molar-refractivity contribution in [2.75, 3.05) is 19.0 Å². The van der Waals surface area contributed by atoms with Crippen LogP contribution in [-0.4, -0.2) is 42.0 Å². The fraction of sp³-hybridized carbons (Fsp3) is 0.800. The molecule has 0 aromatic rings. The number of hydrogen-bond acceptors (Lipinski definition) is 6. The Morgan fingerprint density at radius 3 is 2.75 bits per heavy atom. The lowest BCUT2D eigenvalue weighted by molar-refractivity contribution is -0.152. The van der Waals surface area contributed by atoms with Crippen LogP contribution in [0.5, 0.6) is 0 Å². The van der Waals surface area contributed by atoms with Crippen LogP contribution < -0.4 is 0 Å². The van der Waals surface area contributed by atoms with Gasteiger partial charge >= 0.3 is 5.97 Å². The van der Waals surface area contributed by atoms with Crippen LogP contribution in [0.2, 0.25) is 0 Å². The van der Waals surface area contributed by atoms with Crippen molar-refractivity contribution in [2.24, 2.45) is 0 Å². The average molecular weight is 249 g/mol. The summed E-state index contributed by atoms with van der Waals surface area (Å²) >= 11 is 4.02. The van der Waals surface area contributed by atoms with Crippen LogP contribution in [0.3, 0.4) is 0 Å². The zero-order valence-corrected chi connectivity index (χ0v) is 10.3. The van der Waals surface area contributed by atoms with Crippen molar-refractivity contribution in [1.29, 1.82) is 5.41 Å². The van der Waals surface area contributed by atoms with Gasteiger partial charge in [0.2, 0.25) is 0 Å². The number of esters is 1. The quantitative estimate of drug-likeness (QED) is 0.197. The second-order valence-electron chi connectivity index (χ2n) is 3.26. The van der Waals surface area contributed by atoms with Crippen LogP contribution in [0.1, 0.15) is 26.2 Å². The number of nitrogens with one attached hydrogen (secondary N) is 1. The van der Waals surface area contributed by atoms with Gasteiger partial charge in [-0.25, -0.2) is 4.79 Å². The molecular weight excluding hydrogens is 230 g/mol. The Morgan fingerprint density at radius 1 is 1.50 bits per heavy atom. The Kier molecular flexibility index (Phi) is 9.03. The zero-order valence-electron chi connectivity index (χ0n) is 9.44. The summed E-state index contributed by atoms with van der Waals surface area (Å²) in [6.45, 7) is 1.70. The first-order valence-corrected chi connectivity index (χ1v) is 5.87. The molecule has 0 spiro atoms. The Bertz CT molecular complexity index is 223. The number of rotatable bonds is 8. The summed E-state index contributed by atoms with van der Waals surface area (Å²) in [4.78, 5) is 11.3. The molecule has 0 saturated carbocycles. The molecule has 0 heterocycles. The molecular formula is C10H19NO4S. The normalized spacial score (nSPS) is 11.9. The van der Waals surface area contributed by atoms with Gasteiger partial charge in [-0.05, 0) is 19.1 Å². The van der Waals surface area contributed by atoms with Crippen LogP contribution >= 0.6 is 12.6 Å². The third kappa shape index (κ3) is 7.53. The lowest BCUT2D eigenvalue weighted by atomic mass is 10.3. The topological polar surface area (TPSA) is 79.6 Å². The molecule has 5 nitrogen and oxygen atoms in total. The number of thiol groups is 1. The predicted octanol–water partition coefficient (Wildman–Crippen LogP) is 1.00. The van der Waals surface area contributed by atoms with Crippen molar-refractivity contribution < 1.29 is 19.4 Å². The van der Waals surface area contributed by atoms with E-state index in [1.165, 1.54) is 6.92 Å². The van der Waals surface area contributed by atoms with Crippen molar-refractivity contribution in [3.05, 3.63) is 0 Å².